The highest BCUT2D eigenvalue weighted by Gasteiger charge is 2.12. The SMILES string of the molecule is CC(CCc1ccco1)NC(=O)Cn1[nH]c(=O)c2ccccc2c1=O. The van der Waals surface area contributed by atoms with Crippen molar-refractivity contribution in [3.05, 3.63) is 69.1 Å². The number of aryl methyl sites for hydroxylation is 1. The molecule has 0 saturated heterocycles. The van der Waals surface area contributed by atoms with Crippen LogP contribution in [0.2, 0.25) is 0 Å². The number of hydrogen-bond donors (Lipinski definition) is 2. The van der Waals surface area contributed by atoms with Gasteiger partial charge in [0.25, 0.3) is 11.1 Å². The predicted octanol–water partition coefficient (Wildman–Crippen LogP) is 1.42. The largest absolute Gasteiger partial charge is 0.469 e. The molecule has 0 aliphatic heterocycles. The van der Waals surface area contributed by atoms with Crippen LogP contribution < -0.4 is 16.4 Å². The van der Waals surface area contributed by atoms with Crippen LogP contribution in [0, 0.1) is 0 Å². The number of H-pyrrole nitrogens is 1. The fourth-order valence-electron chi connectivity index (χ4n) is 2.71. The molecular formula is C18H19N3O4. The van der Waals surface area contributed by atoms with Gasteiger partial charge in [-0.3, -0.25) is 19.5 Å². The summed E-state index contributed by atoms with van der Waals surface area (Å²) in [6, 6.07) is 10.2. The maximum atomic E-state index is 12.4. The van der Waals surface area contributed by atoms with Crippen LogP contribution in [0.1, 0.15) is 19.1 Å². The first-order valence-electron chi connectivity index (χ1n) is 8.08. The van der Waals surface area contributed by atoms with Crippen LogP contribution in [0.3, 0.4) is 0 Å². The molecule has 1 amide bonds. The molecule has 0 radical (unpaired) electrons. The fourth-order valence-corrected chi connectivity index (χ4v) is 2.71. The van der Waals surface area contributed by atoms with E-state index in [9.17, 15) is 14.4 Å². The van der Waals surface area contributed by atoms with E-state index in [0.29, 0.717) is 23.6 Å². The Morgan fingerprint density at radius 2 is 1.96 bits per heavy atom. The van der Waals surface area contributed by atoms with Gasteiger partial charge < -0.3 is 9.73 Å². The highest BCUT2D eigenvalue weighted by Crippen LogP contribution is 2.06. The highest BCUT2D eigenvalue weighted by molar-refractivity contribution is 5.81. The summed E-state index contributed by atoms with van der Waals surface area (Å²) in [7, 11) is 0. The molecule has 0 aliphatic rings. The van der Waals surface area contributed by atoms with Crippen molar-refractivity contribution in [3.63, 3.8) is 0 Å². The summed E-state index contributed by atoms with van der Waals surface area (Å²) in [5.41, 5.74) is -0.789. The molecule has 7 heteroatoms. The molecule has 0 fully saturated rings. The van der Waals surface area contributed by atoms with E-state index in [1.54, 1.807) is 30.5 Å². The summed E-state index contributed by atoms with van der Waals surface area (Å²) in [6.45, 7) is 1.65. The Morgan fingerprint density at radius 3 is 2.68 bits per heavy atom. The average molecular weight is 341 g/mol. The number of carbonyl (C=O) groups excluding carboxylic acids is 1. The Bertz CT molecular complexity index is 985. The summed E-state index contributed by atoms with van der Waals surface area (Å²) < 4.78 is 6.30. The smallest absolute Gasteiger partial charge is 0.273 e. The normalized spacial score (nSPS) is 12.2. The van der Waals surface area contributed by atoms with Gasteiger partial charge in [-0.25, -0.2) is 4.68 Å². The number of nitrogens with one attached hydrogen (secondary N) is 2. The van der Waals surface area contributed by atoms with E-state index in [-0.39, 0.29) is 18.5 Å². The van der Waals surface area contributed by atoms with Crippen LogP contribution in [0.15, 0.2) is 56.7 Å². The van der Waals surface area contributed by atoms with Crippen molar-refractivity contribution in [1.29, 1.82) is 0 Å². The van der Waals surface area contributed by atoms with Crippen LogP contribution in [0.5, 0.6) is 0 Å². The molecule has 2 heterocycles. The molecule has 130 valence electrons. The van der Waals surface area contributed by atoms with Crippen LogP contribution in [0.25, 0.3) is 10.8 Å². The van der Waals surface area contributed by atoms with Crippen molar-refractivity contribution in [3.8, 4) is 0 Å². The van der Waals surface area contributed by atoms with E-state index in [1.807, 2.05) is 19.1 Å². The first-order chi connectivity index (χ1) is 12.0. The van der Waals surface area contributed by atoms with Crippen molar-refractivity contribution in [2.75, 3.05) is 0 Å². The zero-order chi connectivity index (χ0) is 17.8. The molecule has 2 N–H and O–H groups in total. The van der Waals surface area contributed by atoms with Crippen molar-refractivity contribution in [1.82, 2.24) is 15.1 Å². The van der Waals surface area contributed by atoms with E-state index in [2.05, 4.69) is 10.4 Å². The number of aromatic amines is 1. The number of nitrogens with zero attached hydrogens (tertiary/aromatic N) is 1. The Hall–Kier alpha value is -3.09. The maximum Gasteiger partial charge on any atom is 0.273 e. The zero-order valence-electron chi connectivity index (χ0n) is 13.8. The van der Waals surface area contributed by atoms with E-state index in [1.165, 1.54) is 0 Å². The first kappa shape index (κ1) is 16.8. The third-order valence-corrected chi connectivity index (χ3v) is 4.00. The first-order valence-corrected chi connectivity index (χ1v) is 8.08. The van der Waals surface area contributed by atoms with Gasteiger partial charge in [-0.05, 0) is 37.6 Å². The molecule has 7 nitrogen and oxygen atoms in total. The molecule has 1 unspecified atom stereocenters. The third kappa shape index (κ3) is 3.88. The number of carbonyl (C=O) groups is 1. The van der Waals surface area contributed by atoms with Crippen LogP contribution in [0.4, 0.5) is 0 Å². The van der Waals surface area contributed by atoms with E-state index >= 15 is 0 Å². The molecule has 0 spiro atoms. The number of aromatic nitrogens is 2. The second kappa shape index (κ2) is 7.21. The minimum Gasteiger partial charge on any atom is -0.469 e. The minimum atomic E-state index is -0.395. The quantitative estimate of drug-likeness (QED) is 0.708. The van der Waals surface area contributed by atoms with Crippen LogP contribution in [-0.2, 0) is 17.8 Å². The average Bonchev–Trinajstić information content (AvgIpc) is 3.11. The zero-order valence-corrected chi connectivity index (χ0v) is 13.8. The molecule has 3 aromatic rings. The number of rotatable bonds is 6. The van der Waals surface area contributed by atoms with Gasteiger partial charge in [-0.15, -0.1) is 0 Å². The van der Waals surface area contributed by atoms with Crippen molar-refractivity contribution >= 4 is 16.7 Å². The lowest BCUT2D eigenvalue weighted by Gasteiger charge is -2.14. The summed E-state index contributed by atoms with van der Waals surface area (Å²) in [5.74, 6) is 0.524. The van der Waals surface area contributed by atoms with Crippen LogP contribution >= 0.6 is 0 Å². The molecular weight excluding hydrogens is 322 g/mol. The van der Waals surface area contributed by atoms with E-state index < -0.39 is 11.1 Å². The molecule has 1 atom stereocenters. The Kier molecular flexibility index (Phi) is 4.83. The summed E-state index contributed by atoms with van der Waals surface area (Å²) in [6.07, 6.45) is 3.03. The van der Waals surface area contributed by atoms with Gasteiger partial charge in [-0.2, -0.15) is 0 Å². The van der Waals surface area contributed by atoms with Gasteiger partial charge in [0.1, 0.15) is 12.3 Å². The molecule has 3 rings (SSSR count). The second-order valence-corrected chi connectivity index (χ2v) is 5.96. The molecule has 1 aromatic carbocycles. The summed E-state index contributed by atoms with van der Waals surface area (Å²) in [5, 5.41) is 5.89. The van der Waals surface area contributed by atoms with Gasteiger partial charge in [0.05, 0.1) is 17.0 Å². The fraction of sp³-hybridized carbons (Fsp3) is 0.278. The second-order valence-electron chi connectivity index (χ2n) is 5.96. The van der Waals surface area contributed by atoms with Crippen molar-refractivity contribution < 1.29 is 9.21 Å². The molecule has 0 saturated carbocycles. The number of fused-ring (bicyclic) bond motifs is 1. The number of hydrogen-bond acceptors (Lipinski definition) is 4. The molecule has 0 aliphatic carbocycles. The van der Waals surface area contributed by atoms with Gasteiger partial charge >= 0.3 is 0 Å². The molecule has 0 bridgehead atoms. The molecule has 25 heavy (non-hydrogen) atoms. The highest BCUT2D eigenvalue weighted by atomic mass is 16.3. The standard InChI is InChI=1S/C18H19N3O4/c1-12(8-9-13-5-4-10-25-13)19-16(22)11-21-18(24)15-7-3-2-6-14(15)17(23)20-21/h2-7,10,12H,8-9,11H2,1H3,(H,19,22)(H,20,23). The minimum absolute atomic E-state index is 0.0829. The maximum absolute atomic E-state index is 12.4. The monoisotopic (exact) mass is 341 g/mol. The third-order valence-electron chi connectivity index (χ3n) is 4.00. The Labute approximate surface area is 143 Å². The number of benzene rings is 1. The van der Waals surface area contributed by atoms with Gasteiger partial charge in [0, 0.05) is 12.5 Å². The van der Waals surface area contributed by atoms with Crippen molar-refractivity contribution in [2.24, 2.45) is 0 Å². The van der Waals surface area contributed by atoms with Crippen LogP contribution in [-0.4, -0.2) is 21.7 Å². The predicted molar refractivity (Wildman–Crippen MR) is 93.5 cm³/mol. The summed E-state index contributed by atoms with van der Waals surface area (Å²) >= 11 is 0. The lowest BCUT2D eigenvalue weighted by Crippen LogP contribution is -2.40. The number of furan rings is 1. The van der Waals surface area contributed by atoms with Crippen molar-refractivity contribution in [2.45, 2.75) is 32.4 Å². The van der Waals surface area contributed by atoms with E-state index in [4.69, 9.17) is 4.42 Å². The van der Waals surface area contributed by atoms with Gasteiger partial charge in [0.15, 0.2) is 0 Å². The lowest BCUT2D eigenvalue weighted by molar-refractivity contribution is -0.122. The van der Waals surface area contributed by atoms with E-state index in [0.717, 1.165) is 10.4 Å². The Morgan fingerprint density at radius 1 is 1.20 bits per heavy atom. The molecule has 2 aromatic heterocycles. The van der Waals surface area contributed by atoms with Gasteiger partial charge in [0.2, 0.25) is 5.91 Å². The topological polar surface area (TPSA) is 97.1 Å². The number of amides is 1. The lowest BCUT2D eigenvalue weighted by atomic mass is 10.1. The summed E-state index contributed by atoms with van der Waals surface area (Å²) in [4.78, 5) is 36.6. The van der Waals surface area contributed by atoms with Gasteiger partial charge in [-0.1, -0.05) is 12.1 Å². The Balaban J connectivity index is 1.66.